The molecule has 1 rings (SSSR count). The summed E-state index contributed by atoms with van der Waals surface area (Å²) < 4.78 is 4.81. The van der Waals surface area contributed by atoms with Crippen molar-refractivity contribution in [3.8, 4) is 5.75 Å². The zero-order valence-electron chi connectivity index (χ0n) is 9.84. The topological polar surface area (TPSA) is 66.8 Å². The van der Waals surface area contributed by atoms with Crippen LogP contribution in [0.25, 0.3) is 0 Å². The Labute approximate surface area is 99.6 Å². The Balaban J connectivity index is 2.40. The van der Waals surface area contributed by atoms with E-state index in [0.29, 0.717) is 0 Å². The lowest BCUT2D eigenvalue weighted by Gasteiger charge is -2.10. The van der Waals surface area contributed by atoms with E-state index < -0.39 is 5.97 Å². The van der Waals surface area contributed by atoms with Gasteiger partial charge in [-0.25, -0.2) is 0 Å². The lowest BCUT2D eigenvalue weighted by atomic mass is 10.1. The number of hydrogen-bond donors (Lipinski definition) is 1. The first-order valence-electron chi connectivity index (χ1n) is 5.12. The number of hydrogen-bond acceptors (Lipinski definition) is 4. The average Bonchev–Trinajstić information content (AvgIpc) is 2.29. The summed E-state index contributed by atoms with van der Waals surface area (Å²) >= 11 is 0. The second kappa shape index (κ2) is 5.89. The van der Waals surface area contributed by atoms with Crippen molar-refractivity contribution in [1.82, 2.24) is 4.90 Å². The molecule has 0 radical (unpaired) electrons. The number of nitrogens with zero attached hydrogens (tertiary/aromatic N) is 1. The number of phenols is 1. The lowest BCUT2D eigenvalue weighted by molar-refractivity contribution is -0.150. The molecule has 0 saturated carbocycles. The van der Waals surface area contributed by atoms with Crippen LogP contribution in [0.2, 0.25) is 0 Å². The highest BCUT2D eigenvalue weighted by Crippen LogP contribution is 2.10. The molecule has 0 saturated heterocycles. The van der Waals surface area contributed by atoms with Gasteiger partial charge in [0.15, 0.2) is 6.61 Å². The summed E-state index contributed by atoms with van der Waals surface area (Å²) in [7, 11) is 3.19. The molecule has 0 aliphatic heterocycles. The maximum Gasteiger partial charge on any atom is 0.310 e. The monoisotopic (exact) mass is 237 g/mol. The predicted octanol–water partition coefficient (Wildman–Crippen LogP) is 0.566. The maximum absolute atomic E-state index is 11.4. The Morgan fingerprint density at radius 2 is 1.82 bits per heavy atom. The fourth-order valence-electron chi connectivity index (χ4n) is 1.10. The fraction of sp³-hybridized carbons (Fsp3) is 0.333. The van der Waals surface area contributed by atoms with Crippen LogP contribution in [0, 0.1) is 0 Å². The van der Waals surface area contributed by atoms with Crippen LogP contribution in [0.15, 0.2) is 24.3 Å². The van der Waals surface area contributed by atoms with Gasteiger partial charge in [-0.05, 0) is 17.7 Å². The molecule has 92 valence electrons. The highest BCUT2D eigenvalue weighted by atomic mass is 16.5. The molecule has 1 aromatic carbocycles. The summed E-state index contributed by atoms with van der Waals surface area (Å²) in [4.78, 5) is 23.9. The largest absolute Gasteiger partial charge is 0.508 e. The van der Waals surface area contributed by atoms with Crippen LogP contribution >= 0.6 is 0 Å². The molecule has 5 heteroatoms. The third-order valence-corrected chi connectivity index (χ3v) is 2.14. The Hall–Kier alpha value is -2.04. The van der Waals surface area contributed by atoms with Crippen molar-refractivity contribution in [3.63, 3.8) is 0 Å². The van der Waals surface area contributed by atoms with Gasteiger partial charge in [-0.1, -0.05) is 12.1 Å². The van der Waals surface area contributed by atoms with Crippen LogP contribution in [0.4, 0.5) is 0 Å². The van der Waals surface area contributed by atoms with Gasteiger partial charge < -0.3 is 14.7 Å². The van der Waals surface area contributed by atoms with Crippen molar-refractivity contribution < 1.29 is 19.4 Å². The average molecular weight is 237 g/mol. The number of esters is 1. The number of rotatable bonds is 4. The number of ether oxygens (including phenoxy) is 1. The Kier molecular flexibility index (Phi) is 4.51. The van der Waals surface area contributed by atoms with Crippen molar-refractivity contribution in [2.45, 2.75) is 6.42 Å². The molecule has 1 amide bonds. The van der Waals surface area contributed by atoms with Gasteiger partial charge in [0.2, 0.25) is 0 Å². The van der Waals surface area contributed by atoms with E-state index in [4.69, 9.17) is 9.84 Å². The van der Waals surface area contributed by atoms with E-state index in [1.54, 1.807) is 26.2 Å². The first-order valence-corrected chi connectivity index (χ1v) is 5.12. The van der Waals surface area contributed by atoms with Crippen LogP contribution < -0.4 is 0 Å². The number of benzene rings is 1. The number of carbonyl (C=O) groups is 2. The quantitative estimate of drug-likeness (QED) is 0.777. The Morgan fingerprint density at radius 3 is 2.35 bits per heavy atom. The van der Waals surface area contributed by atoms with Gasteiger partial charge in [-0.2, -0.15) is 0 Å². The summed E-state index contributed by atoms with van der Waals surface area (Å²) in [6.07, 6.45) is 0.0843. The molecular formula is C12H15NO4. The van der Waals surface area contributed by atoms with Gasteiger partial charge in [0.25, 0.3) is 5.91 Å². The second-order valence-corrected chi connectivity index (χ2v) is 3.79. The van der Waals surface area contributed by atoms with Crippen molar-refractivity contribution in [2.75, 3.05) is 20.7 Å². The predicted molar refractivity (Wildman–Crippen MR) is 61.5 cm³/mol. The minimum Gasteiger partial charge on any atom is -0.508 e. The van der Waals surface area contributed by atoms with Crippen LogP contribution in [-0.4, -0.2) is 42.6 Å². The molecule has 1 N–H and O–H groups in total. The molecule has 0 aliphatic carbocycles. The third kappa shape index (κ3) is 4.55. The van der Waals surface area contributed by atoms with Crippen LogP contribution in [0.1, 0.15) is 5.56 Å². The van der Waals surface area contributed by atoms with Gasteiger partial charge in [0, 0.05) is 14.1 Å². The molecular weight excluding hydrogens is 222 g/mol. The van der Waals surface area contributed by atoms with E-state index >= 15 is 0 Å². The lowest BCUT2D eigenvalue weighted by Crippen LogP contribution is -2.27. The number of phenolic OH excluding ortho intramolecular Hbond substituents is 1. The van der Waals surface area contributed by atoms with Gasteiger partial charge in [-0.15, -0.1) is 0 Å². The van der Waals surface area contributed by atoms with Gasteiger partial charge in [0.05, 0.1) is 6.42 Å². The number of amides is 1. The van der Waals surface area contributed by atoms with Crippen LogP contribution in [0.3, 0.4) is 0 Å². The molecule has 0 fully saturated rings. The number of aromatic hydroxyl groups is 1. The van der Waals surface area contributed by atoms with Crippen molar-refractivity contribution in [1.29, 1.82) is 0 Å². The second-order valence-electron chi connectivity index (χ2n) is 3.79. The molecule has 5 nitrogen and oxygen atoms in total. The SMILES string of the molecule is CN(C)C(=O)COC(=O)Cc1ccc(O)cc1. The Morgan fingerprint density at radius 1 is 1.24 bits per heavy atom. The zero-order valence-corrected chi connectivity index (χ0v) is 9.84. The normalized spacial score (nSPS) is 9.76. The van der Waals surface area contributed by atoms with Crippen LogP contribution in [0.5, 0.6) is 5.75 Å². The Bertz CT molecular complexity index is 397. The standard InChI is InChI=1S/C12H15NO4/c1-13(2)11(15)8-17-12(16)7-9-3-5-10(14)6-4-9/h3-6,14H,7-8H2,1-2H3. The van der Waals surface area contributed by atoms with Gasteiger partial charge in [-0.3, -0.25) is 9.59 Å². The molecule has 0 bridgehead atoms. The molecule has 0 aliphatic rings. The molecule has 0 heterocycles. The van der Waals surface area contributed by atoms with E-state index in [1.165, 1.54) is 17.0 Å². The molecule has 17 heavy (non-hydrogen) atoms. The number of carbonyl (C=O) groups excluding carboxylic acids is 2. The fourth-order valence-corrected chi connectivity index (χ4v) is 1.10. The van der Waals surface area contributed by atoms with E-state index in [1.807, 2.05) is 0 Å². The van der Waals surface area contributed by atoms with Crippen molar-refractivity contribution in [3.05, 3.63) is 29.8 Å². The highest BCUT2D eigenvalue weighted by molar-refractivity contribution is 5.80. The van der Waals surface area contributed by atoms with Crippen LogP contribution in [-0.2, 0) is 20.7 Å². The minimum atomic E-state index is -0.467. The molecule has 0 aromatic heterocycles. The molecule has 0 unspecified atom stereocenters. The van der Waals surface area contributed by atoms with Gasteiger partial charge in [0.1, 0.15) is 5.75 Å². The molecule has 0 spiro atoms. The third-order valence-electron chi connectivity index (χ3n) is 2.14. The summed E-state index contributed by atoms with van der Waals surface area (Å²) in [6, 6.07) is 6.25. The summed E-state index contributed by atoms with van der Waals surface area (Å²) in [6.45, 7) is -0.246. The maximum atomic E-state index is 11.4. The van der Waals surface area contributed by atoms with E-state index in [0.717, 1.165) is 5.56 Å². The minimum absolute atomic E-state index is 0.0843. The highest BCUT2D eigenvalue weighted by Gasteiger charge is 2.09. The summed E-state index contributed by atoms with van der Waals surface area (Å²) in [5.74, 6) is -0.583. The van der Waals surface area contributed by atoms with E-state index in [2.05, 4.69) is 0 Å². The summed E-state index contributed by atoms with van der Waals surface area (Å²) in [5, 5.41) is 9.06. The van der Waals surface area contributed by atoms with Crippen molar-refractivity contribution >= 4 is 11.9 Å². The molecule has 0 atom stereocenters. The summed E-state index contributed by atoms with van der Waals surface area (Å²) in [5.41, 5.74) is 0.727. The smallest absolute Gasteiger partial charge is 0.310 e. The zero-order chi connectivity index (χ0) is 12.8. The van der Waals surface area contributed by atoms with E-state index in [9.17, 15) is 9.59 Å². The first-order chi connectivity index (χ1) is 7.99. The van der Waals surface area contributed by atoms with Crippen molar-refractivity contribution in [2.24, 2.45) is 0 Å². The van der Waals surface area contributed by atoms with E-state index in [-0.39, 0.29) is 24.7 Å². The first kappa shape index (κ1) is 13.0. The van der Waals surface area contributed by atoms with Gasteiger partial charge >= 0.3 is 5.97 Å². The number of likely N-dealkylation sites (N-methyl/N-ethyl adjacent to an activating group) is 1. The molecule has 1 aromatic rings.